The Hall–Kier alpha value is -3.51. The molecule has 0 aliphatic carbocycles. The highest BCUT2D eigenvalue weighted by Crippen LogP contribution is 2.31. The van der Waals surface area contributed by atoms with E-state index in [9.17, 15) is 18.0 Å². The molecular weight excluding hydrogens is 499 g/mol. The highest BCUT2D eigenvalue weighted by atomic mass is 35.5. The topological polar surface area (TPSA) is 91.0 Å². The smallest absolute Gasteiger partial charge is 0.279 e. The van der Waals surface area contributed by atoms with E-state index in [1.54, 1.807) is 18.9 Å². The number of aromatic nitrogens is 6. The summed E-state index contributed by atoms with van der Waals surface area (Å²) in [6.45, 7) is 2.11. The lowest BCUT2D eigenvalue weighted by atomic mass is 10.1. The molecule has 0 amide bonds. The van der Waals surface area contributed by atoms with Gasteiger partial charge in [-0.05, 0) is 25.1 Å². The van der Waals surface area contributed by atoms with Gasteiger partial charge in [0, 0.05) is 35.9 Å². The molecule has 3 aromatic heterocycles. The normalized spacial score (nSPS) is 16.3. The van der Waals surface area contributed by atoms with Gasteiger partial charge in [0.2, 0.25) is 5.95 Å². The second-order valence-corrected chi connectivity index (χ2v) is 8.85. The molecule has 13 heteroatoms. The monoisotopic (exact) mass is 519 g/mol. The molecule has 188 valence electrons. The Morgan fingerprint density at radius 3 is 2.78 bits per heavy atom. The van der Waals surface area contributed by atoms with Crippen LogP contribution in [0.25, 0.3) is 22.3 Å². The van der Waals surface area contributed by atoms with Gasteiger partial charge in [-0.15, -0.1) is 0 Å². The predicted octanol–water partition coefficient (Wildman–Crippen LogP) is 3.53. The molecule has 4 heterocycles. The number of alkyl halides is 2. The third-order valence-electron chi connectivity index (χ3n) is 6.02. The summed E-state index contributed by atoms with van der Waals surface area (Å²) in [4.78, 5) is 28.5. The molecule has 9 nitrogen and oxygen atoms in total. The van der Waals surface area contributed by atoms with Crippen molar-refractivity contribution < 1.29 is 17.9 Å². The fraction of sp³-hybridized carbons (Fsp3) is 0.348. The van der Waals surface area contributed by atoms with Crippen LogP contribution < -0.4 is 10.5 Å². The molecule has 1 aliphatic heterocycles. The van der Waals surface area contributed by atoms with Gasteiger partial charge >= 0.3 is 0 Å². The van der Waals surface area contributed by atoms with E-state index >= 15 is 0 Å². The largest absolute Gasteiger partial charge is 0.370 e. The molecule has 1 unspecified atom stereocenters. The van der Waals surface area contributed by atoms with E-state index in [1.165, 1.54) is 35.2 Å². The average Bonchev–Trinajstić information content (AvgIpc) is 3.30. The van der Waals surface area contributed by atoms with Crippen LogP contribution in [-0.2, 0) is 18.3 Å². The van der Waals surface area contributed by atoms with Crippen molar-refractivity contribution in [3.8, 4) is 11.3 Å². The Morgan fingerprint density at radius 2 is 2.03 bits per heavy atom. The van der Waals surface area contributed by atoms with Crippen LogP contribution in [0.4, 0.5) is 19.1 Å². The molecule has 1 saturated heterocycles. The molecule has 36 heavy (non-hydrogen) atoms. The highest BCUT2D eigenvalue weighted by Gasteiger charge is 2.27. The predicted molar refractivity (Wildman–Crippen MR) is 127 cm³/mol. The van der Waals surface area contributed by atoms with Gasteiger partial charge in [0.15, 0.2) is 5.52 Å². The molecule has 1 aromatic carbocycles. The summed E-state index contributed by atoms with van der Waals surface area (Å²) in [6.07, 6.45) is -0.0222. The summed E-state index contributed by atoms with van der Waals surface area (Å²) in [6, 6.07) is 4.18. The number of halogens is 4. The van der Waals surface area contributed by atoms with E-state index in [2.05, 4.69) is 20.1 Å². The number of rotatable bonds is 5. The molecular formula is C23H21ClF3N7O2. The Bertz CT molecular complexity index is 1510. The molecule has 1 fully saturated rings. The number of morpholine rings is 1. The molecule has 0 N–H and O–H groups in total. The Balaban J connectivity index is 1.59. The second kappa shape index (κ2) is 9.51. The van der Waals surface area contributed by atoms with Crippen LogP contribution in [-0.4, -0.2) is 55.4 Å². The van der Waals surface area contributed by atoms with Crippen molar-refractivity contribution in [2.45, 2.75) is 26.0 Å². The lowest BCUT2D eigenvalue weighted by Crippen LogP contribution is -2.39. The fourth-order valence-electron chi connectivity index (χ4n) is 4.07. The SMILES string of the molecule is Cc1nc2c(-c3ccc(Cl)cc3F)nc(N3CCOC(c4cnn(CC(F)F)c4)C3)nc2c(=O)n1C. The first-order valence-electron chi connectivity index (χ1n) is 11.1. The van der Waals surface area contributed by atoms with Gasteiger partial charge in [-0.2, -0.15) is 5.10 Å². The maximum atomic E-state index is 14.9. The number of ether oxygens (including phenoxy) is 1. The summed E-state index contributed by atoms with van der Waals surface area (Å²) in [5.41, 5.74) is 0.751. The molecule has 1 aliphatic rings. The van der Waals surface area contributed by atoms with Gasteiger partial charge in [0.05, 0.1) is 19.3 Å². The minimum absolute atomic E-state index is 0.0465. The molecule has 0 radical (unpaired) electrons. The molecule has 0 bridgehead atoms. The quantitative estimate of drug-likeness (QED) is 0.398. The molecule has 1 atom stereocenters. The number of hydrogen-bond acceptors (Lipinski definition) is 7. The number of aryl methyl sites for hydroxylation is 1. The van der Waals surface area contributed by atoms with Crippen LogP contribution in [0.1, 0.15) is 17.5 Å². The number of nitrogens with zero attached hydrogens (tertiary/aromatic N) is 7. The van der Waals surface area contributed by atoms with Crippen LogP contribution in [0.5, 0.6) is 0 Å². The van der Waals surface area contributed by atoms with E-state index in [-0.39, 0.29) is 39.8 Å². The summed E-state index contributed by atoms with van der Waals surface area (Å²) in [5, 5.41) is 4.19. The maximum absolute atomic E-state index is 14.9. The third-order valence-corrected chi connectivity index (χ3v) is 6.26. The molecule has 0 saturated carbocycles. The van der Waals surface area contributed by atoms with Crippen molar-refractivity contribution in [3.63, 3.8) is 0 Å². The maximum Gasteiger partial charge on any atom is 0.279 e. The first kappa shape index (κ1) is 24.2. The summed E-state index contributed by atoms with van der Waals surface area (Å²) in [7, 11) is 1.58. The second-order valence-electron chi connectivity index (χ2n) is 8.41. The minimum atomic E-state index is -2.53. The standard InChI is InChI=1S/C23H21ClF3N7O2/c1-12-29-20-19(15-4-3-14(24)7-16(15)25)30-23(31-21(20)22(35)32(12)2)33-5-6-36-17(10-33)13-8-28-34(9-13)11-18(26)27/h3-4,7-9,17-18H,5-6,10-11H2,1-2H3. The zero-order chi connectivity index (χ0) is 25.6. The molecule has 4 aromatic rings. The number of anilines is 1. The Kier molecular flexibility index (Phi) is 6.39. The van der Waals surface area contributed by atoms with Gasteiger partial charge in [-0.1, -0.05) is 11.6 Å². The Labute approximate surface area is 208 Å². The highest BCUT2D eigenvalue weighted by molar-refractivity contribution is 6.30. The summed E-state index contributed by atoms with van der Waals surface area (Å²) >= 11 is 5.94. The van der Waals surface area contributed by atoms with E-state index in [0.29, 0.717) is 24.5 Å². The Morgan fingerprint density at radius 1 is 1.22 bits per heavy atom. The van der Waals surface area contributed by atoms with Crippen LogP contribution in [0.15, 0.2) is 35.4 Å². The van der Waals surface area contributed by atoms with E-state index < -0.39 is 30.5 Å². The number of hydrogen-bond donors (Lipinski definition) is 0. The van der Waals surface area contributed by atoms with E-state index in [4.69, 9.17) is 16.3 Å². The van der Waals surface area contributed by atoms with Crippen LogP contribution in [0.2, 0.25) is 5.02 Å². The number of benzene rings is 1. The summed E-state index contributed by atoms with van der Waals surface area (Å²) in [5.74, 6) is 0.00877. The van der Waals surface area contributed by atoms with Crippen molar-refractivity contribution >= 4 is 28.6 Å². The van der Waals surface area contributed by atoms with Gasteiger partial charge < -0.3 is 9.64 Å². The van der Waals surface area contributed by atoms with Gasteiger partial charge in [0.1, 0.15) is 35.5 Å². The van der Waals surface area contributed by atoms with Crippen molar-refractivity contribution in [3.05, 3.63) is 63.2 Å². The average molecular weight is 520 g/mol. The molecule has 0 spiro atoms. The van der Waals surface area contributed by atoms with E-state index in [1.807, 2.05) is 0 Å². The van der Waals surface area contributed by atoms with Crippen LogP contribution in [0.3, 0.4) is 0 Å². The first-order chi connectivity index (χ1) is 17.2. The van der Waals surface area contributed by atoms with Crippen molar-refractivity contribution in [2.24, 2.45) is 7.05 Å². The zero-order valence-corrected chi connectivity index (χ0v) is 20.1. The van der Waals surface area contributed by atoms with Crippen LogP contribution in [0, 0.1) is 12.7 Å². The third kappa shape index (κ3) is 4.53. The van der Waals surface area contributed by atoms with Gasteiger partial charge in [0.25, 0.3) is 12.0 Å². The summed E-state index contributed by atoms with van der Waals surface area (Å²) < 4.78 is 48.7. The molecule has 5 rings (SSSR count). The van der Waals surface area contributed by atoms with Crippen molar-refractivity contribution in [1.82, 2.24) is 29.3 Å². The van der Waals surface area contributed by atoms with Gasteiger partial charge in [-0.3, -0.25) is 14.0 Å². The minimum Gasteiger partial charge on any atom is -0.370 e. The van der Waals surface area contributed by atoms with Crippen LogP contribution >= 0.6 is 11.6 Å². The van der Waals surface area contributed by atoms with E-state index in [0.717, 1.165) is 4.68 Å². The van der Waals surface area contributed by atoms with Crippen molar-refractivity contribution in [2.75, 3.05) is 24.6 Å². The lowest BCUT2D eigenvalue weighted by molar-refractivity contribution is 0.0391. The van der Waals surface area contributed by atoms with Gasteiger partial charge in [-0.25, -0.2) is 28.1 Å². The fourth-order valence-corrected chi connectivity index (χ4v) is 4.23. The lowest BCUT2D eigenvalue weighted by Gasteiger charge is -2.32. The first-order valence-corrected chi connectivity index (χ1v) is 11.5. The number of fused-ring (bicyclic) bond motifs is 1. The van der Waals surface area contributed by atoms with Crippen molar-refractivity contribution in [1.29, 1.82) is 0 Å². The zero-order valence-electron chi connectivity index (χ0n) is 19.3.